The van der Waals surface area contributed by atoms with Gasteiger partial charge in [0.25, 0.3) is 0 Å². The molecule has 1 aliphatic rings. The van der Waals surface area contributed by atoms with Gasteiger partial charge in [0.05, 0.1) is 5.92 Å². The number of carbonyl (C=O) groups excluding carboxylic acids is 1. The monoisotopic (exact) mass is 378 g/mol. The van der Waals surface area contributed by atoms with Crippen molar-refractivity contribution in [2.24, 2.45) is 5.92 Å². The van der Waals surface area contributed by atoms with E-state index in [1.165, 1.54) is 18.2 Å². The summed E-state index contributed by atoms with van der Waals surface area (Å²) in [6, 6.07) is 7.37. The zero-order chi connectivity index (χ0) is 17.8. The summed E-state index contributed by atoms with van der Waals surface area (Å²) in [4.78, 5) is 27.7. The summed E-state index contributed by atoms with van der Waals surface area (Å²) in [5.74, 6) is -1.06. The first-order valence-electron chi connectivity index (χ1n) is 8.28. The van der Waals surface area contributed by atoms with Crippen molar-refractivity contribution in [2.45, 2.75) is 38.0 Å². The smallest absolute Gasteiger partial charge is 0.355 e. The molecule has 132 valence electrons. The Hall–Kier alpha value is -1.92. The van der Waals surface area contributed by atoms with Crippen LogP contribution in [0.15, 0.2) is 29.6 Å². The third-order valence-corrected chi connectivity index (χ3v) is 5.56. The second kappa shape index (κ2) is 7.97. The number of anilines is 1. The van der Waals surface area contributed by atoms with Crippen LogP contribution in [0.2, 0.25) is 5.02 Å². The molecule has 1 saturated carbocycles. The molecule has 1 atom stereocenters. The van der Waals surface area contributed by atoms with Crippen LogP contribution in [0.4, 0.5) is 5.13 Å². The Morgan fingerprint density at radius 3 is 2.76 bits per heavy atom. The van der Waals surface area contributed by atoms with Gasteiger partial charge in [-0.25, -0.2) is 9.78 Å². The number of benzene rings is 1. The summed E-state index contributed by atoms with van der Waals surface area (Å²) >= 11 is 7.22. The number of rotatable bonds is 6. The number of halogens is 1. The Morgan fingerprint density at radius 2 is 2.12 bits per heavy atom. The van der Waals surface area contributed by atoms with E-state index in [0.29, 0.717) is 16.1 Å². The second-order valence-electron chi connectivity index (χ2n) is 6.33. The molecule has 1 aromatic heterocycles. The zero-order valence-corrected chi connectivity index (χ0v) is 15.1. The third kappa shape index (κ3) is 4.58. The molecule has 0 saturated heterocycles. The van der Waals surface area contributed by atoms with E-state index in [0.717, 1.165) is 36.2 Å². The molecular weight excluding hydrogens is 360 g/mol. The average Bonchev–Trinajstić information content (AvgIpc) is 3.24. The van der Waals surface area contributed by atoms with Crippen molar-refractivity contribution >= 4 is 39.9 Å². The van der Waals surface area contributed by atoms with E-state index in [1.54, 1.807) is 6.07 Å². The highest BCUT2D eigenvalue weighted by molar-refractivity contribution is 7.14. The molecule has 1 aromatic carbocycles. The molecule has 1 unspecified atom stereocenters. The van der Waals surface area contributed by atoms with Crippen LogP contribution in [0.5, 0.6) is 0 Å². The predicted molar refractivity (Wildman–Crippen MR) is 98.5 cm³/mol. The fourth-order valence-corrected chi connectivity index (χ4v) is 4.21. The van der Waals surface area contributed by atoms with E-state index in [4.69, 9.17) is 16.7 Å². The van der Waals surface area contributed by atoms with Crippen LogP contribution in [0.25, 0.3) is 0 Å². The number of hydrogen-bond donors (Lipinski definition) is 2. The van der Waals surface area contributed by atoms with Crippen LogP contribution in [-0.2, 0) is 4.79 Å². The number of thiazole rings is 1. The third-order valence-electron chi connectivity index (χ3n) is 4.56. The molecule has 0 spiro atoms. The first-order chi connectivity index (χ1) is 12.0. The lowest BCUT2D eigenvalue weighted by atomic mass is 9.87. The maximum atomic E-state index is 12.9. The summed E-state index contributed by atoms with van der Waals surface area (Å²) in [6.45, 7) is 0. The lowest BCUT2D eigenvalue weighted by Crippen LogP contribution is -2.23. The number of aromatic nitrogens is 1. The van der Waals surface area contributed by atoms with Crippen LogP contribution in [0.1, 0.15) is 54.1 Å². The Labute approximate surface area is 155 Å². The molecule has 2 aromatic rings. The van der Waals surface area contributed by atoms with Gasteiger partial charge in [0, 0.05) is 10.4 Å². The topological polar surface area (TPSA) is 79.3 Å². The van der Waals surface area contributed by atoms with Crippen molar-refractivity contribution in [3.05, 3.63) is 45.9 Å². The molecule has 0 radical (unpaired) electrons. The molecule has 1 fully saturated rings. The van der Waals surface area contributed by atoms with Gasteiger partial charge in [0.2, 0.25) is 5.91 Å². The van der Waals surface area contributed by atoms with E-state index in [9.17, 15) is 9.59 Å². The summed E-state index contributed by atoms with van der Waals surface area (Å²) in [7, 11) is 0. The van der Waals surface area contributed by atoms with Gasteiger partial charge in [-0.05, 0) is 30.0 Å². The molecule has 0 bridgehead atoms. The molecular formula is C18H19ClN2O3S. The lowest BCUT2D eigenvalue weighted by Gasteiger charge is -2.20. The van der Waals surface area contributed by atoms with Crippen LogP contribution < -0.4 is 5.32 Å². The van der Waals surface area contributed by atoms with E-state index in [1.807, 2.05) is 18.2 Å². The normalized spacial score (nSPS) is 15.9. The molecule has 1 amide bonds. The van der Waals surface area contributed by atoms with Gasteiger partial charge in [-0.1, -0.05) is 49.4 Å². The molecule has 1 heterocycles. The number of carboxylic acids is 1. The Kier molecular flexibility index (Phi) is 5.71. The van der Waals surface area contributed by atoms with Crippen molar-refractivity contribution in [3.63, 3.8) is 0 Å². The molecule has 2 N–H and O–H groups in total. The van der Waals surface area contributed by atoms with Gasteiger partial charge in [-0.15, -0.1) is 11.3 Å². The highest BCUT2D eigenvalue weighted by Crippen LogP contribution is 2.35. The lowest BCUT2D eigenvalue weighted by molar-refractivity contribution is -0.118. The minimum Gasteiger partial charge on any atom is -0.476 e. The van der Waals surface area contributed by atoms with E-state index < -0.39 is 5.97 Å². The summed E-state index contributed by atoms with van der Waals surface area (Å²) in [6.07, 6.45) is 5.48. The van der Waals surface area contributed by atoms with Crippen molar-refractivity contribution in [1.29, 1.82) is 0 Å². The zero-order valence-electron chi connectivity index (χ0n) is 13.6. The fourth-order valence-electron chi connectivity index (χ4n) is 3.32. The minimum absolute atomic E-state index is 0.0598. The average molecular weight is 379 g/mol. The van der Waals surface area contributed by atoms with E-state index in [2.05, 4.69) is 10.3 Å². The van der Waals surface area contributed by atoms with Gasteiger partial charge >= 0.3 is 5.97 Å². The molecule has 1 aliphatic carbocycles. The Balaban J connectivity index is 1.79. The number of hydrogen-bond acceptors (Lipinski definition) is 4. The van der Waals surface area contributed by atoms with Crippen molar-refractivity contribution in [1.82, 2.24) is 4.98 Å². The van der Waals surface area contributed by atoms with Crippen LogP contribution in [0, 0.1) is 5.92 Å². The van der Waals surface area contributed by atoms with Gasteiger partial charge in [-0.3, -0.25) is 4.79 Å². The largest absolute Gasteiger partial charge is 0.476 e. The SMILES string of the molecule is O=C(O)c1csc(NC(=O)C(CC2CCCC2)c2cccc(Cl)c2)n1. The second-order valence-corrected chi connectivity index (χ2v) is 7.62. The van der Waals surface area contributed by atoms with E-state index in [-0.39, 0.29) is 17.5 Å². The van der Waals surface area contributed by atoms with Gasteiger partial charge in [0.1, 0.15) is 0 Å². The standard InChI is InChI=1S/C18H19ClN2O3S/c19-13-7-3-6-12(9-13)14(8-11-4-1-2-5-11)16(22)21-18-20-15(10-25-18)17(23)24/h3,6-7,9-11,14H,1-2,4-5,8H2,(H,23,24)(H,20,21,22). The van der Waals surface area contributed by atoms with Crippen molar-refractivity contribution in [3.8, 4) is 0 Å². The number of carboxylic acid groups (broad SMARTS) is 1. The van der Waals surface area contributed by atoms with Crippen molar-refractivity contribution < 1.29 is 14.7 Å². The highest BCUT2D eigenvalue weighted by Gasteiger charge is 2.27. The van der Waals surface area contributed by atoms with E-state index >= 15 is 0 Å². The Bertz CT molecular complexity index is 771. The summed E-state index contributed by atoms with van der Waals surface area (Å²) < 4.78 is 0. The Morgan fingerprint density at radius 1 is 1.36 bits per heavy atom. The number of nitrogens with one attached hydrogen (secondary N) is 1. The van der Waals surface area contributed by atoms with Crippen LogP contribution in [-0.4, -0.2) is 22.0 Å². The number of aromatic carboxylic acids is 1. The van der Waals surface area contributed by atoms with Crippen LogP contribution >= 0.6 is 22.9 Å². The predicted octanol–water partition coefficient (Wildman–Crippen LogP) is 4.80. The quantitative estimate of drug-likeness (QED) is 0.756. The first-order valence-corrected chi connectivity index (χ1v) is 9.54. The number of nitrogens with zero attached hydrogens (tertiary/aromatic N) is 1. The molecule has 25 heavy (non-hydrogen) atoms. The summed E-state index contributed by atoms with van der Waals surface area (Å²) in [5, 5.41) is 14.1. The minimum atomic E-state index is -1.10. The molecule has 3 rings (SSSR count). The molecule has 0 aliphatic heterocycles. The maximum Gasteiger partial charge on any atom is 0.355 e. The maximum absolute atomic E-state index is 12.9. The van der Waals surface area contributed by atoms with Gasteiger partial charge < -0.3 is 10.4 Å². The molecule has 7 heteroatoms. The van der Waals surface area contributed by atoms with Gasteiger partial charge in [-0.2, -0.15) is 0 Å². The van der Waals surface area contributed by atoms with Crippen LogP contribution in [0.3, 0.4) is 0 Å². The highest BCUT2D eigenvalue weighted by atomic mass is 35.5. The molecule has 5 nitrogen and oxygen atoms in total. The number of carbonyl (C=O) groups is 2. The fraction of sp³-hybridized carbons (Fsp3) is 0.389. The van der Waals surface area contributed by atoms with Gasteiger partial charge in [0.15, 0.2) is 10.8 Å². The first kappa shape index (κ1) is 17.9. The van der Waals surface area contributed by atoms with Crippen molar-refractivity contribution in [2.75, 3.05) is 5.32 Å². The number of amides is 1. The summed E-state index contributed by atoms with van der Waals surface area (Å²) in [5.41, 5.74) is 0.822.